The zero-order valence-electron chi connectivity index (χ0n) is 8.34. The van der Waals surface area contributed by atoms with Gasteiger partial charge in [0.05, 0.1) is 0 Å². The minimum absolute atomic E-state index is 0.484. The second-order valence-corrected chi connectivity index (χ2v) is 3.86. The number of aliphatic carboxylic acids is 1. The molecule has 0 unspecified atom stereocenters. The van der Waals surface area contributed by atoms with E-state index < -0.39 is 23.5 Å². The average molecular weight is 188 g/mol. The predicted octanol–water partition coefficient (Wildman–Crippen LogP) is 0.415. The summed E-state index contributed by atoms with van der Waals surface area (Å²) in [5.41, 5.74) is -0.502. The lowest BCUT2D eigenvalue weighted by Gasteiger charge is -2.27. The topological polar surface area (TPSA) is 78.4 Å². The van der Waals surface area contributed by atoms with Crippen LogP contribution in [0.25, 0.3) is 0 Å². The van der Waals surface area contributed by atoms with E-state index in [4.69, 9.17) is 5.11 Å². The number of hydrogen-bond donors (Lipinski definition) is 3. The second-order valence-electron chi connectivity index (χ2n) is 3.86. The summed E-state index contributed by atoms with van der Waals surface area (Å²) in [5, 5.41) is 13.5. The van der Waals surface area contributed by atoms with E-state index in [0.29, 0.717) is 0 Å². The van der Waals surface area contributed by atoms with Gasteiger partial charge >= 0.3 is 12.0 Å². The molecule has 5 nitrogen and oxygen atoms in total. The first-order chi connectivity index (χ1) is 5.79. The number of nitrogens with one attached hydrogen (secondary N) is 2. The molecule has 0 rings (SSSR count). The van der Waals surface area contributed by atoms with Crippen molar-refractivity contribution < 1.29 is 14.7 Å². The van der Waals surface area contributed by atoms with Crippen molar-refractivity contribution >= 4 is 12.0 Å². The van der Waals surface area contributed by atoms with E-state index in [2.05, 4.69) is 10.6 Å². The molecular weight excluding hydrogens is 172 g/mol. The van der Waals surface area contributed by atoms with Gasteiger partial charge in [-0.3, -0.25) is 0 Å². The molecule has 2 amide bonds. The van der Waals surface area contributed by atoms with Gasteiger partial charge in [-0.1, -0.05) is 20.8 Å². The van der Waals surface area contributed by atoms with Crippen LogP contribution in [0.15, 0.2) is 0 Å². The first-order valence-corrected chi connectivity index (χ1v) is 4.00. The van der Waals surface area contributed by atoms with Crippen molar-refractivity contribution in [2.45, 2.75) is 26.8 Å². The molecule has 0 aromatic carbocycles. The number of hydrogen-bond acceptors (Lipinski definition) is 2. The van der Waals surface area contributed by atoms with Crippen LogP contribution in [-0.2, 0) is 4.79 Å². The van der Waals surface area contributed by atoms with E-state index in [9.17, 15) is 9.59 Å². The lowest BCUT2D eigenvalue weighted by Crippen LogP contribution is -2.51. The maximum absolute atomic E-state index is 10.9. The molecule has 0 aliphatic heterocycles. The normalized spacial score (nSPS) is 13.2. The zero-order chi connectivity index (χ0) is 10.6. The van der Waals surface area contributed by atoms with Gasteiger partial charge in [-0.2, -0.15) is 0 Å². The van der Waals surface area contributed by atoms with Gasteiger partial charge in [0.15, 0.2) is 0 Å². The minimum Gasteiger partial charge on any atom is -0.480 e. The van der Waals surface area contributed by atoms with Crippen molar-refractivity contribution in [3.8, 4) is 0 Å². The molecule has 0 saturated heterocycles. The predicted molar refractivity (Wildman–Crippen MR) is 48.5 cm³/mol. The standard InChI is InChI=1S/C8H16N2O3/c1-8(2,3)5(6(11)12)10-7(13)9-4/h5H,1-4H3,(H,11,12)(H2,9,10,13)/t5-/m0/s1. The molecule has 0 radical (unpaired) electrons. The molecule has 76 valence electrons. The van der Waals surface area contributed by atoms with Gasteiger partial charge in [-0.05, 0) is 5.41 Å². The number of urea groups is 1. The molecule has 5 heteroatoms. The highest BCUT2D eigenvalue weighted by molar-refractivity contribution is 5.82. The second kappa shape index (κ2) is 4.11. The van der Waals surface area contributed by atoms with E-state index in [1.165, 1.54) is 7.05 Å². The summed E-state index contributed by atoms with van der Waals surface area (Å²) in [4.78, 5) is 21.6. The van der Waals surface area contributed by atoms with Crippen LogP contribution >= 0.6 is 0 Å². The van der Waals surface area contributed by atoms with Crippen LogP contribution in [0.2, 0.25) is 0 Å². The van der Waals surface area contributed by atoms with Crippen LogP contribution < -0.4 is 10.6 Å². The highest BCUT2D eigenvalue weighted by Crippen LogP contribution is 2.19. The number of amides is 2. The molecule has 0 aromatic heterocycles. The first-order valence-electron chi connectivity index (χ1n) is 4.00. The van der Waals surface area contributed by atoms with Crippen LogP contribution in [0.5, 0.6) is 0 Å². The van der Waals surface area contributed by atoms with Gasteiger partial charge in [0.2, 0.25) is 0 Å². The van der Waals surface area contributed by atoms with Gasteiger partial charge in [-0.15, -0.1) is 0 Å². The van der Waals surface area contributed by atoms with Gasteiger partial charge in [0, 0.05) is 7.05 Å². The Morgan fingerprint density at radius 2 is 1.77 bits per heavy atom. The van der Waals surface area contributed by atoms with Gasteiger partial charge in [0.1, 0.15) is 6.04 Å². The molecule has 0 aliphatic carbocycles. The highest BCUT2D eigenvalue weighted by atomic mass is 16.4. The first kappa shape index (κ1) is 11.7. The summed E-state index contributed by atoms with van der Waals surface area (Å²) in [6, 6.07) is -1.37. The molecule has 0 saturated carbocycles. The Morgan fingerprint density at radius 3 is 2.00 bits per heavy atom. The summed E-state index contributed by atoms with van der Waals surface area (Å²) in [6.45, 7) is 5.26. The van der Waals surface area contributed by atoms with E-state index >= 15 is 0 Å². The molecule has 0 heterocycles. The SMILES string of the molecule is CNC(=O)N[C@@H](C(=O)O)C(C)(C)C. The molecule has 0 spiro atoms. The lowest BCUT2D eigenvalue weighted by molar-refractivity contribution is -0.141. The fourth-order valence-electron chi connectivity index (χ4n) is 0.852. The minimum atomic E-state index is -1.03. The number of carboxylic acids is 1. The summed E-state index contributed by atoms with van der Waals surface area (Å²) in [7, 11) is 1.44. The quantitative estimate of drug-likeness (QED) is 0.587. The van der Waals surface area contributed by atoms with Gasteiger partial charge in [0.25, 0.3) is 0 Å². The Kier molecular flexibility index (Phi) is 3.71. The number of carbonyl (C=O) groups excluding carboxylic acids is 1. The maximum Gasteiger partial charge on any atom is 0.326 e. The fraction of sp³-hybridized carbons (Fsp3) is 0.750. The van der Waals surface area contributed by atoms with Crippen molar-refractivity contribution in [1.82, 2.24) is 10.6 Å². The van der Waals surface area contributed by atoms with Crippen molar-refractivity contribution in [3.05, 3.63) is 0 Å². The molecule has 3 N–H and O–H groups in total. The molecule has 0 aliphatic rings. The van der Waals surface area contributed by atoms with Crippen LogP contribution in [0.1, 0.15) is 20.8 Å². The molecule has 0 fully saturated rings. The Hall–Kier alpha value is -1.26. The molecule has 0 aromatic rings. The third-order valence-electron chi connectivity index (χ3n) is 1.62. The third kappa shape index (κ3) is 3.78. The van der Waals surface area contributed by atoms with Crippen LogP contribution in [0, 0.1) is 5.41 Å². The van der Waals surface area contributed by atoms with Crippen LogP contribution in [0.3, 0.4) is 0 Å². The Balaban J connectivity index is 4.46. The maximum atomic E-state index is 10.9. The Bertz CT molecular complexity index is 208. The third-order valence-corrected chi connectivity index (χ3v) is 1.62. The molecule has 13 heavy (non-hydrogen) atoms. The molecule has 1 atom stereocenters. The van der Waals surface area contributed by atoms with Crippen molar-refractivity contribution in [1.29, 1.82) is 0 Å². The number of rotatable bonds is 2. The van der Waals surface area contributed by atoms with Gasteiger partial charge < -0.3 is 15.7 Å². The summed E-state index contributed by atoms with van der Waals surface area (Å²) in [5.74, 6) is -1.03. The molecular formula is C8H16N2O3. The fourth-order valence-corrected chi connectivity index (χ4v) is 0.852. The van der Waals surface area contributed by atoms with E-state index in [1.807, 2.05) is 0 Å². The van der Waals surface area contributed by atoms with Crippen LogP contribution in [-0.4, -0.2) is 30.2 Å². The van der Waals surface area contributed by atoms with E-state index in [1.54, 1.807) is 20.8 Å². The Morgan fingerprint density at radius 1 is 1.31 bits per heavy atom. The average Bonchev–Trinajstić information content (AvgIpc) is 1.96. The lowest BCUT2D eigenvalue weighted by atomic mass is 9.87. The summed E-state index contributed by atoms with van der Waals surface area (Å²) < 4.78 is 0. The monoisotopic (exact) mass is 188 g/mol. The zero-order valence-corrected chi connectivity index (χ0v) is 8.34. The number of carboxylic acid groups (broad SMARTS) is 1. The van der Waals surface area contributed by atoms with E-state index in [-0.39, 0.29) is 0 Å². The van der Waals surface area contributed by atoms with Crippen molar-refractivity contribution in [2.75, 3.05) is 7.05 Å². The highest BCUT2D eigenvalue weighted by Gasteiger charge is 2.32. The van der Waals surface area contributed by atoms with Gasteiger partial charge in [-0.25, -0.2) is 9.59 Å². The number of carbonyl (C=O) groups is 2. The van der Waals surface area contributed by atoms with Crippen LogP contribution in [0.4, 0.5) is 4.79 Å². The Labute approximate surface area is 77.5 Å². The largest absolute Gasteiger partial charge is 0.480 e. The van der Waals surface area contributed by atoms with Crippen molar-refractivity contribution in [2.24, 2.45) is 5.41 Å². The molecule has 0 bridgehead atoms. The van der Waals surface area contributed by atoms with E-state index in [0.717, 1.165) is 0 Å². The van der Waals surface area contributed by atoms with Crippen molar-refractivity contribution in [3.63, 3.8) is 0 Å². The summed E-state index contributed by atoms with van der Waals surface area (Å²) >= 11 is 0. The summed E-state index contributed by atoms with van der Waals surface area (Å²) in [6.07, 6.45) is 0. The smallest absolute Gasteiger partial charge is 0.326 e.